The van der Waals surface area contributed by atoms with Crippen LogP contribution in [0.25, 0.3) is 0 Å². The molecule has 2 nitrogen and oxygen atoms in total. The Hall–Kier alpha value is -1.74. The van der Waals surface area contributed by atoms with Gasteiger partial charge in [0.2, 0.25) is 0 Å². The highest BCUT2D eigenvalue weighted by Gasteiger charge is 1.96. The molecule has 0 heterocycles. The molecule has 2 aromatic carbocycles. The molecule has 0 aliphatic rings. The van der Waals surface area contributed by atoms with Gasteiger partial charge in [-0.3, -0.25) is 0 Å². The van der Waals surface area contributed by atoms with Gasteiger partial charge < -0.3 is 5.11 Å². The van der Waals surface area contributed by atoms with Crippen LogP contribution >= 0.6 is 12.6 Å². The molecule has 16 heavy (non-hydrogen) atoms. The summed E-state index contributed by atoms with van der Waals surface area (Å²) >= 11 is 4.08. The standard InChI is InChI=1S/C7H6O2.C6H6S/c8-7(9)6-4-2-1-3-5-6;7-6-4-2-1-3-5-6/h1-5H,(H,8,9);1-5,7H. The predicted molar refractivity (Wildman–Crippen MR) is 67.1 cm³/mol. The largest absolute Gasteiger partial charge is 0.478 e. The van der Waals surface area contributed by atoms with Crippen LogP contribution in [-0.2, 0) is 0 Å². The molecule has 2 aromatic rings. The molecular formula is C13H12O2S. The van der Waals surface area contributed by atoms with Gasteiger partial charge >= 0.3 is 5.97 Å². The van der Waals surface area contributed by atoms with Gasteiger partial charge in [0, 0.05) is 4.90 Å². The van der Waals surface area contributed by atoms with Crippen molar-refractivity contribution in [1.29, 1.82) is 0 Å². The lowest BCUT2D eigenvalue weighted by Gasteiger charge is -1.88. The van der Waals surface area contributed by atoms with Gasteiger partial charge in [-0.2, -0.15) is 0 Å². The maximum Gasteiger partial charge on any atom is 0.335 e. The Bertz CT molecular complexity index is 426. The lowest BCUT2D eigenvalue weighted by Crippen LogP contribution is -1.93. The first-order chi connectivity index (χ1) is 7.70. The van der Waals surface area contributed by atoms with Gasteiger partial charge in [0.15, 0.2) is 0 Å². The summed E-state index contributed by atoms with van der Waals surface area (Å²) in [7, 11) is 0. The summed E-state index contributed by atoms with van der Waals surface area (Å²) in [6, 6.07) is 18.1. The molecule has 0 spiro atoms. The molecule has 0 bridgehead atoms. The van der Waals surface area contributed by atoms with Crippen LogP contribution in [0, 0.1) is 0 Å². The molecule has 0 aliphatic heterocycles. The predicted octanol–water partition coefficient (Wildman–Crippen LogP) is 3.36. The second-order valence-electron chi connectivity index (χ2n) is 3.01. The summed E-state index contributed by atoms with van der Waals surface area (Å²) in [5.41, 5.74) is 0.331. The van der Waals surface area contributed by atoms with E-state index in [4.69, 9.17) is 5.11 Å². The second-order valence-corrected chi connectivity index (χ2v) is 3.52. The number of hydrogen-bond acceptors (Lipinski definition) is 2. The molecule has 0 unspecified atom stereocenters. The van der Waals surface area contributed by atoms with Crippen molar-refractivity contribution in [3.8, 4) is 0 Å². The molecule has 0 saturated carbocycles. The summed E-state index contributed by atoms with van der Waals surface area (Å²) in [6.07, 6.45) is 0. The minimum Gasteiger partial charge on any atom is -0.478 e. The van der Waals surface area contributed by atoms with Crippen molar-refractivity contribution < 1.29 is 9.90 Å². The van der Waals surface area contributed by atoms with Crippen molar-refractivity contribution in [2.75, 3.05) is 0 Å². The van der Waals surface area contributed by atoms with Crippen LogP contribution < -0.4 is 0 Å². The van der Waals surface area contributed by atoms with Crippen molar-refractivity contribution in [3.05, 3.63) is 66.2 Å². The Morgan fingerprint density at radius 1 is 0.875 bits per heavy atom. The fraction of sp³-hybridized carbons (Fsp3) is 0. The zero-order valence-electron chi connectivity index (χ0n) is 8.58. The first kappa shape index (κ1) is 12.3. The topological polar surface area (TPSA) is 37.3 Å². The Labute approximate surface area is 100.0 Å². The van der Waals surface area contributed by atoms with Gasteiger partial charge in [-0.25, -0.2) is 4.79 Å². The minimum atomic E-state index is -0.879. The van der Waals surface area contributed by atoms with E-state index in [1.165, 1.54) is 0 Å². The van der Waals surface area contributed by atoms with Crippen LogP contribution in [0.3, 0.4) is 0 Å². The van der Waals surface area contributed by atoms with Gasteiger partial charge in [-0.15, -0.1) is 12.6 Å². The van der Waals surface area contributed by atoms with Crippen molar-refractivity contribution in [3.63, 3.8) is 0 Å². The second kappa shape index (κ2) is 6.69. The lowest BCUT2D eigenvalue weighted by molar-refractivity contribution is 0.0697. The third-order valence-electron chi connectivity index (χ3n) is 1.78. The van der Waals surface area contributed by atoms with Gasteiger partial charge in [0.1, 0.15) is 0 Å². The van der Waals surface area contributed by atoms with Crippen LogP contribution in [0.4, 0.5) is 0 Å². The Kier molecular flexibility index (Phi) is 5.16. The number of aromatic carboxylic acids is 1. The normalized spacial score (nSPS) is 8.81. The molecule has 0 radical (unpaired) electrons. The Morgan fingerprint density at radius 2 is 1.31 bits per heavy atom. The average molecular weight is 232 g/mol. The SMILES string of the molecule is O=C(O)c1ccccc1.Sc1ccccc1. The quantitative estimate of drug-likeness (QED) is 0.740. The van der Waals surface area contributed by atoms with Crippen molar-refractivity contribution >= 4 is 18.6 Å². The molecule has 0 aliphatic carbocycles. The zero-order chi connectivity index (χ0) is 11.8. The first-order valence-corrected chi connectivity index (χ1v) is 5.17. The van der Waals surface area contributed by atoms with Crippen LogP contribution in [0.2, 0.25) is 0 Å². The maximum absolute atomic E-state index is 10.2. The third-order valence-corrected chi connectivity index (χ3v) is 2.08. The molecule has 0 aromatic heterocycles. The van der Waals surface area contributed by atoms with Crippen molar-refractivity contribution in [2.45, 2.75) is 4.90 Å². The molecule has 0 amide bonds. The number of benzene rings is 2. The third kappa shape index (κ3) is 4.66. The lowest BCUT2D eigenvalue weighted by atomic mass is 10.2. The highest BCUT2D eigenvalue weighted by molar-refractivity contribution is 7.80. The summed E-state index contributed by atoms with van der Waals surface area (Å²) in [4.78, 5) is 11.2. The number of carboxylic acid groups (broad SMARTS) is 1. The van der Waals surface area contributed by atoms with Gasteiger partial charge in [0.25, 0.3) is 0 Å². The van der Waals surface area contributed by atoms with Gasteiger partial charge in [-0.05, 0) is 24.3 Å². The fourth-order valence-corrected chi connectivity index (χ4v) is 1.18. The van der Waals surface area contributed by atoms with E-state index in [0.717, 1.165) is 4.90 Å². The number of thiol groups is 1. The molecule has 0 atom stereocenters. The molecular weight excluding hydrogens is 220 g/mol. The number of carbonyl (C=O) groups is 1. The van der Waals surface area contributed by atoms with E-state index in [2.05, 4.69) is 12.6 Å². The van der Waals surface area contributed by atoms with Gasteiger partial charge in [0.05, 0.1) is 5.56 Å². The molecule has 0 fully saturated rings. The van der Waals surface area contributed by atoms with Gasteiger partial charge in [-0.1, -0.05) is 36.4 Å². The summed E-state index contributed by atoms with van der Waals surface area (Å²) in [5, 5.41) is 8.38. The maximum atomic E-state index is 10.2. The fourth-order valence-electron chi connectivity index (χ4n) is 1.01. The summed E-state index contributed by atoms with van der Waals surface area (Å²) in [6.45, 7) is 0. The summed E-state index contributed by atoms with van der Waals surface area (Å²) < 4.78 is 0. The molecule has 82 valence electrons. The molecule has 3 heteroatoms. The van der Waals surface area contributed by atoms with Crippen molar-refractivity contribution in [2.24, 2.45) is 0 Å². The number of carboxylic acids is 1. The smallest absolute Gasteiger partial charge is 0.335 e. The first-order valence-electron chi connectivity index (χ1n) is 4.72. The van der Waals surface area contributed by atoms with E-state index in [0.29, 0.717) is 5.56 Å². The van der Waals surface area contributed by atoms with E-state index in [1.54, 1.807) is 30.3 Å². The monoisotopic (exact) mass is 232 g/mol. The number of rotatable bonds is 1. The van der Waals surface area contributed by atoms with E-state index < -0.39 is 5.97 Å². The molecule has 0 saturated heterocycles. The van der Waals surface area contributed by atoms with E-state index in [9.17, 15) is 4.79 Å². The molecule has 2 rings (SSSR count). The summed E-state index contributed by atoms with van der Waals surface area (Å²) in [5.74, 6) is -0.879. The minimum absolute atomic E-state index is 0.331. The highest BCUT2D eigenvalue weighted by Crippen LogP contribution is 2.00. The van der Waals surface area contributed by atoms with E-state index in [1.807, 2.05) is 30.3 Å². The van der Waals surface area contributed by atoms with Crippen LogP contribution in [0.5, 0.6) is 0 Å². The number of hydrogen-bond donors (Lipinski definition) is 2. The van der Waals surface area contributed by atoms with Crippen LogP contribution in [-0.4, -0.2) is 11.1 Å². The Morgan fingerprint density at radius 3 is 1.56 bits per heavy atom. The van der Waals surface area contributed by atoms with E-state index in [-0.39, 0.29) is 0 Å². The average Bonchev–Trinajstić information content (AvgIpc) is 2.32. The van der Waals surface area contributed by atoms with Crippen LogP contribution in [0.1, 0.15) is 10.4 Å². The Balaban J connectivity index is 0.000000165. The highest BCUT2D eigenvalue weighted by atomic mass is 32.1. The van der Waals surface area contributed by atoms with Crippen LogP contribution in [0.15, 0.2) is 65.6 Å². The molecule has 1 N–H and O–H groups in total. The van der Waals surface area contributed by atoms with E-state index >= 15 is 0 Å². The van der Waals surface area contributed by atoms with Crippen molar-refractivity contribution in [1.82, 2.24) is 0 Å². The zero-order valence-corrected chi connectivity index (χ0v) is 9.47.